The molecule has 0 fully saturated rings. The quantitative estimate of drug-likeness (QED) is 0.355. The standard InChI is InChI=1S/C25H17N5O/c26-13-16-4-3-5-18(12-16)24(23-20-6-1-2-7-21(20)30-25(23)31)29-19-10-8-17(9-11-19)22-14-27-15-28-22/h1-12,14-15,30-31H,(H,27,28). The number of para-hydroxylation sites is 1. The van der Waals surface area contributed by atoms with E-state index in [1.54, 1.807) is 24.7 Å². The van der Waals surface area contributed by atoms with E-state index in [0.29, 0.717) is 16.8 Å². The van der Waals surface area contributed by atoms with Crippen molar-refractivity contribution in [3.8, 4) is 23.2 Å². The van der Waals surface area contributed by atoms with Crippen LogP contribution in [0.4, 0.5) is 5.69 Å². The van der Waals surface area contributed by atoms with Gasteiger partial charge in [0, 0.05) is 16.5 Å². The third-order valence-electron chi connectivity index (χ3n) is 5.11. The maximum atomic E-state index is 10.7. The molecular formula is C25H17N5O. The number of H-pyrrole nitrogens is 2. The highest BCUT2D eigenvalue weighted by Crippen LogP contribution is 2.32. The Balaban J connectivity index is 1.69. The summed E-state index contributed by atoms with van der Waals surface area (Å²) in [6.45, 7) is 0. The van der Waals surface area contributed by atoms with Crippen molar-refractivity contribution in [3.05, 3.63) is 102 Å². The number of aliphatic imine (C=N–C) groups is 1. The fraction of sp³-hybridized carbons (Fsp3) is 0. The topological polar surface area (TPSA) is 101 Å². The number of fused-ring (bicyclic) bond motifs is 1. The third-order valence-corrected chi connectivity index (χ3v) is 5.11. The first-order chi connectivity index (χ1) is 15.2. The highest BCUT2D eigenvalue weighted by molar-refractivity contribution is 6.22. The Kier molecular flexibility index (Phi) is 4.54. The number of rotatable bonds is 4. The summed E-state index contributed by atoms with van der Waals surface area (Å²) < 4.78 is 0. The molecular weight excluding hydrogens is 386 g/mol. The summed E-state index contributed by atoms with van der Waals surface area (Å²) in [5.41, 5.74) is 5.92. The monoisotopic (exact) mass is 403 g/mol. The van der Waals surface area contributed by atoms with Crippen LogP contribution in [0.25, 0.3) is 22.2 Å². The number of aromatic nitrogens is 3. The molecule has 2 heterocycles. The average Bonchev–Trinajstić information content (AvgIpc) is 3.46. The van der Waals surface area contributed by atoms with Crippen LogP contribution in [0.3, 0.4) is 0 Å². The molecule has 0 aliphatic rings. The van der Waals surface area contributed by atoms with Crippen molar-refractivity contribution in [2.75, 3.05) is 0 Å². The summed E-state index contributed by atoms with van der Waals surface area (Å²) in [6, 6.07) is 24.8. The van der Waals surface area contributed by atoms with Crippen molar-refractivity contribution in [2.24, 2.45) is 4.99 Å². The molecule has 0 bridgehead atoms. The number of nitrogens with one attached hydrogen (secondary N) is 2. The van der Waals surface area contributed by atoms with E-state index in [9.17, 15) is 10.4 Å². The Morgan fingerprint density at radius 3 is 2.61 bits per heavy atom. The second kappa shape index (κ2) is 7.65. The number of aromatic amines is 2. The van der Waals surface area contributed by atoms with Crippen LogP contribution in [-0.4, -0.2) is 25.8 Å². The van der Waals surface area contributed by atoms with Gasteiger partial charge >= 0.3 is 0 Å². The van der Waals surface area contributed by atoms with Gasteiger partial charge in [0.05, 0.1) is 46.8 Å². The van der Waals surface area contributed by atoms with E-state index < -0.39 is 0 Å². The minimum absolute atomic E-state index is 0.0383. The van der Waals surface area contributed by atoms with Gasteiger partial charge in [-0.3, -0.25) is 0 Å². The summed E-state index contributed by atoms with van der Waals surface area (Å²) in [6.07, 6.45) is 3.41. The number of hydrogen-bond acceptors (Lipinski definition) is 4. The lowest BCUT2D eigenvalue weighted by molar-refractivity contribution is 0.457. The van der Waals surface area contributed by atoms with Crippen LogP contribution < -0.4 is 0 Å². The molecule has 3 N–H and O–H groups in total. The van der Waals surface area contributed by atoms with Gasteiger partial charge in [0.2, 0.25) is 0 Å². The van der Waals surface area contributed by atoms with E-state index in [0.717, 1.165) is 33.4 Å². The largest absolute Gasteiger partial charge is 0.494 e. The zero-order valence-corrected chi connectivity index (χ0v) is 16.4. The van der Waals surface area contributed by atoms with E-state index in [1.807, 2.05) is 60.7 Å². The summed E-state index contributed by atoms with van der Waals surface area (Å²) in [7, 11) is 0. The molecule has 0 amide bonds. The van der Waals surface area contributed by atoms with Crippen molar-refractivity contribution < 1.29 is 5.11 Å². The zero-order chi connectivity index (χ0) is 21.2. The molecule has 6 nitrogen and oxygen atoms in total. The van der Waals surface area contributed by atoms with Gasteiger partial charge in [-0.25, -0.2) is 9.98 Å². The predicted molar refractivity (Wildman–Crippen MR) is 120 cm³/mol. The van der Waals surface area contributed by atoms with E-state index in [1.165, 1.54) is 0 Å². The van der Waals surface area contributed by atoms with Crippen LogP contribution in [0.5, 0.6) is 5.88 Å². The molecule has 3 aromatic carbocycles. The Morgan fingerprint density at radius 2 is 1.84 bits per heavy atom. The first-order valence-corrected chi connectivity index (χ1v) is 9.71. The van der Waals surface area contributed by atoms with E-state index in [-0.39, 0.29) is 5.88 Å². The Morgan fingerprint density at radius 1 is 1.00 bits per heavy atom. The normalized spacial score (nSPS) is 11.5. The maximum Gasteiger partial charge on any atom is 0.199 e. The molecule has 0 aliphatic heterocycles. The zero-order valence-electron chi connectivity index (χ0n) is 16.4. The smallest absolute Gasteiger partial charge is 0.199 e. The maximum absolute atomic E-state index is 10.7. The summed E-state index contributed by atoms with van der Waals surface area (Å²) in [5, 5.41) is 20.9. The van der Waals surface area contributed by atoms with Gasteiger partial charge in [0.1, 0.15) is 0 Å². The lowest BCUT2D eigenvalue weighted by Crippen LogP contribution is -2.03. The predicted octanol–water partition coefficient (Wildman–Crippen LogP) is 5.30. The number of aromatic hydroxyl groups is 1. The van der Waals surface area contributed by atoms with Gasteiger partial charge in [0.25, 0.3) is 0 Å². The average molecular weight is 403 g/mol. The molecule has 0 radical (unpaired) electrons. The molecule has 5 aromatic rings. The number of hydrogen-bond donors (Lipinski definition) is 3. The molecule has 6 heteroatoms. The lowest BCUT2D eigenvalue weighted by Gasteiger charge is -2.09. The fourth-order valence-electron chi connectivity index (χ4n) is 3.63. The molecule has 31 heavy (non-hydrogen) atoms. The van der Waals surface area contributed by atoms with Crippen LogP contribution in [0.2, 0.25) is 0 Å². The molecule has 5 rings (SSSR count). The highest BCUT2D eigenvalue weighted by Gasteiger charge is 2.18. The third kappa shape index (κ3) is 3.45. The van der Waals surface area contributed by atoms with Crippen LogP contribution in [0.1, 0.15) is 16.7 Å². The molecule has 2 aromatic heterocycles. The molecule has 148 valence electrons. The van der Waals surface area contributed by atoms with Gasteiger partial charge in [-0.2, -0.15) is 5.26 Å². The molecule has 0 aliphatic carbocycles. The van der Waals surface area contributed by atoms with Crippen LogP contribution in [0, 0.1) is 11.3 Å². The molecule has 0 saturated carbocycles. The van der Waals surface area contributed by atoms with Gasteiger partial charge in [-0.1, -0.05) is 42.5 Å². The van der Waals surface area contributed by atoms with Gasteiger partial charge < -0.3 is 15.1 Å². The molecule has 0 spiro atoms. The second-order valence-electron chi connectivity index (χ2n) is 7.06. The number of nitriles is 1. The van der Waals surface area contributed by atoms with Crippen LogP contribution >= 0.6 is 0 Å². The first-order valence-electron chi connectivity index (χ1n) is 9.71. The van der Waals surface area contributed by atoms with E-state index >= 15 is 0 Å². The molecule has 0 atom stereocenters. The summed E-state index contributed by atoms with van der Waals surface area (Å²) >= 11 is 0. The first kappa shape index (κ1) is 18.4. The van der Waals surface area contributed by atoms with Crippen molar-refractivity contribution in [1.82, 2.24) is 15.0 Å². The Bertz CT molecular complexity index is 1440. The minimum atomic E-state index is 0.0383. The van der Waals surface area contributed by atoms with Crippen molar-refractivity contribution >= 4 is 22.3 Å². The highest BCUT2D eigenvalue weighted by atomic mass is 16.3. The van der Waals surface area contributed by atoms with Crippen LogP contribution in [0.15, 0.2) is 90.3 Å². The molecule has 0 unspecified atom stereocenters. The summed E-state index contributed by atoms with van der Waals surface area (Å²) in [4.78, 5) is 15.0. The second-order valence-corrected chi connectivity index (χ2v) is 7.06. The Labute approximate surface area is 178 Å². The minimum Gasteiger partial charge on any atom is -0.494 e. The number of benzene rings is 3. The fourth-order valence-corrected chi connectivity index (χ4v) is 3.63. The van der Waals surface area contributed by atoms with Crippen molar-refractivity contribution in [3.63, 3.8) is 0 Å². The Hall–Kier alpha value is -4.63. The SMILES string of the molecule is N#Cc1cccc(C(=Nc2ccc(-c3cnc[nH]3)cc2)c2c(O)[nH]c3ccccc23)c1. The summed E-state index contributed by atoms with van der Waals surface area (Å²) in [5.74, 6) is 0.0383. The number of nitrogens with zero attached hydrogens (tertiary/aromatic N) is 3. The number of imidazole rings is 1. The van der Waals surface area contributed by atoms with Gasteiger partial charge in [-0.15, -0.1) is 0 Å². The lowest BCUT2D eigenvalue weighted by atomic mass is 9.99. The molecule has 0 saturated heterocycles. The van der Waals surface area contributed by atoms with Crippen molar-refractivity contribution in [1.29, 1.82) is 5.26 Å². The van der Waals surface area contributed by atoms with Gasteiger partial charge in [-0.05, 0) is 35.9 Å². The van der Waals surface area contributed by atoms with E-state index in [4.69, 9.17) is 4.99 Å². The van der Waals surface area contributed by atoms with Crippen molar-refractivity contribution in [2.45, 2.75) is 0 Å². The van der Waals surface area contributed by atoms with E-state index in [2.05, 4.69) is 21.0 Å². The van der Waals surface area contributed by atoms with Crippen LogP contribution in [-0.2, 0) is 0 Å². The van der Waals surface area contributed by atoms with Gasteiger partial charge in [0.15, 0.2) is 5.88 Å².